The average molecular weight is 238 g/mol. The van der Waals surface area contributed by atoms with Crippen molar-refractivity contribution in [2.45, 2.75) is 40.2 Å². The number of carbonyl (C=O) groups excluding carboxylic acids is 2. The number of nitrogens with one attached hydrogen (secondary N) is 2. The van der Waals surface area contributed by atoms with Crippen LogP contribution in [0.5, 0.6) is 0 Å². The van der Waals surface area contributed by atoms with Gasteiger partial charge in [0.25, 0.3) is 0 Å². The number of carbonyl (C=O) groups is 2. The molecule has 2 N–H and O–H groups in total. The summed E-state index contributed by atoms with van der Waals surface area (Å²) in [4.78, 5) is 23.4. The molecule has 96 valence electrons. The van der Waals surface area contributed by atoms with Crippen LogP contribution in [0.4, 0.5) is 0 Å². The van der Waals surface area contributed by atoms with Crippen molar-refractivity contribution in [2.24, 2.45) is 11.8 Å². The van der Waals surface area contributed by atoms with Crippen LogP contribution in [-0.2, 0) is 9.59 Å². The second kappa shape index (κ2) is 7.72. The van der Waals surface area contributed by atoms with E-state index < -0.39 is 6.04 Å². The topological polar surface area (TPSA) is 58.2 Å². The molecule has 0 saturated carbocycles. The van der Waals surface area contributed by atoms with Gasteiger partial charge in [0.2, 0.25) is 11.8 Å². The summed E-state index contributed by atoms with van der Waals surface area (Å²) in [5, 5.41) is 5.32. The van der Waals surface area contributed by atoms with Gasteiger partial charge in [-0.1, -0.05) is 33.6 Å². The van der Waals surface area contributed by atoms with Crippen LogP contribution in [-0.4, -0.2) is 24.4 Å². The first-order chi connectivity index (χ1) is 7.88. The van der Waals surface area contributed by atoms with Crippen LogP contribution in [0.2, 0.25) is 0 Å². The predicted octanol–water partition coefficient (Wildman–Crippen LogP) is 0.923. The van der Waals surface area contributed by atoms with Crippen LogP contribution in [0.1, 0.15) is 34.1 Å². The predicted molar refractivity (Wildman–Crippen MR) is 68.1 cm³/mol. The number of hydrogen-bond donors (Lipinski definition) is 2. The lowest BCUT2D eigenvalue weighted by Gasteiger charge is -2.21. The van der Waals surface area contributed by atoms with Gasteiger partial charge in [-0.25, -0.2) is 0 Å². The van der Waals surface area contributed by atoms with Crippen LogP contribution < -0.4 is 10.6 Å². The molecule has 2 amide bonds. The van der Waals surface area contributed by atoms with Gasteiger partial charge in [0.15, 0.2) is 0 Å². The normalized spacial score (nSPS) is 12.1. The molecular weight excluding hydrogens is 216 g/mol. The highest BCUT2D eigenvalue weighted by Crippen LogP contribution is 2.04. The van der Waals surface area contributed by atoms with Gasteiger partial charge in [-0.15, -0.1) is 6.42 Å². The fourth-order valence-electron chi connectivity index (χ4n) is 1.39. The fourth-order valence-corrected chi connectivity index (χ4v) is 1.39. The maximum atomic E-state index is 11.7. The van der Waals surface area contributed by atoms with Gasteiger partial charge in [-0.05, 0) is 11.8 Å². The Morgan fingerprint density at radius 3 is 2.24 bits per heavy atom. The first-order valence-corrected chi connectivity index (χ1v) is 5.89. The molecule has 0 bridgehead atoms. The van der Waals surface area contributed by atoms with Crippen molar-refractivity contribution in [1.29, 1.82) is 0 Å². The van der Waals surface area contributed by atoms with Gasteiger partial charge in [-0.3, -0.25) is 9.59 Å². The molecule has 0 saturated heterocycles. The lowest BCUT2D eigenvalue weighted by Crippen LogP contribution is -2.49. The number of amides is 2. The molecule has 0 aromatic carbocycles. The summed E-state index contributed by atoms with van der Waals surface area (Å²) < 4.78 is 0. The van der Waals surface area contributed by atoms with E-state index in [2.05, 4.69) is 16.6 Å². The van der Waals surface area contributed by atoms with Crippen LogP contribution in [0.15, 0.2) is 0 Å². The van der Waals surface area contributed by atoms with E-state index in [1.165, 1.54) is 0 Å². The molecule has 1 atom stereocenters. The first-order valence-electron chi connectivity index (χ1n) is 5.89. The van der Waals surface area contributed by atoms with E-state index in [9.17, 15) is 9.59 Å². The highest BCUT2D eigenvalue weighted by Gasteiger charge is 2.23. The number of hydrogen-bond acceptors (Lipinski definition) is 2. The SMILES string of the molecule is C#CCNC(=O)C(NC(=O)CC(C)C)C(C)C. The summed E-state index contributed by atoms with van der Waals surface area (Å²) >= 11 is 0. The Hall–Kier alpha value is -1.50. The van der Waals surface area contributed by atoms with E-state index in [-0.39, 0.29) is 30.2 Å². The van der Waals surface area contributed by atoms with Crippen LogP contribution >= 0.6 is 0 Å². The molecule has 0 aromatic heterocycles. The first kappa shape index (κ1) is 15.5. The lowest BCUT2D eigenvalue weighted by molar-refractivity contribution is -0.130. The van der Waals surface area contributed by atoms with E-state index in [0.717, 1.165) is 0 Å². The van der Waals surface area contributed by atoms with E-state index in [1.54, 1.807) is 0 Å². The summed E-state index contributed by atoms with van der Waals surface area (Å²) in [5.41, 5.74) is 0. The van der Waals surface area contributed by atoms with Crippen molar-refractivity contribution in [3.05, 3.63) is 0 Å². The van der Waals surface area contributed by atoms with E-state index in [1.807, 2.05) is 27.7 Å². The molecule has 0 heterocycles. The Labute approximate surface area is 104 Å². The molecule has 1 unspecified atom stereocenters. The monoisotopic (exact) mass is 238 g/mol. The third kappa shape index (κ3) is 6.62. The Kier molecular flexibility index (Phi) is 7.04. The maximum absolute atomic E-state index is 11.7. The molecule has 0 spiro atoms. The summed E-state index contributed by atoms with van der Waals surface area (Å²) in [6.07, 6.45) is 5.49. The zero-order chi connectivity index (χ0) is 13.4. The molecule has 17 heavy (non-hydrogen) atoms. The average Bonchev–Trinajstić information content (AvgIpc) is 2.21. The van der Waals surface area contributed by atoms with Gasteiger partial charge in [0, 0.05) is 6.42 Å². The van der Waals surface area contributed by atoms with Crippen molar-refractivity contribution in [1.82, 2.24) is 10.6 Å². The molecular formula is C13H22N2O2. The van der Waals surface area contributed by atoms with Crippen LogP contribution in [0.25, 0.3) is 0 Å². The Morgan fingerprint density at radius 1 is 1.24 bits per heavy atom. The summed E-state index contributed by atoms with van der Waals surface area (Å²) in [7, 11) is 0. The lowest BCUT2D eigenvalue weighted by atomic mass is 10.0. The van der Waals surface area contributed by atoms with Gasteiger partial charge in [-0.2, -0.15) is 0 Å². The quantitative estimate of drug-likeness (QED) is 0.676. The molecule has 4 heteroatoms. The van der Waals surface area contributed by atoms with E-state index in [0.29, 0.717) is 6.42 Å². The van der Waals surface area contributed by atoms with E-state index in [4.69, 9.17) is 6.42 Å². The van der Waals surface area contributed by atoms with Gasteiger partial charge in [0.1, 0.15) is 6.04 Å². The highest BCUT2D eigenvalue weighted by molar-refractivity contribution is 5.87. The summed E-state index contributed by atoms with van der Waals surface area (Å²) in [6.45, 7) is 7.87. The largest absolute Gasteiger partial charge is 0.344 e. The zero-order valence-corrected chi connectivity index (χ0v) is 11.0. The summed E-state index contributed by atoms with van der Waals surface area (Å²) in [5.74, 6) is 2.31. The zero-order valence-electron chi connectivity index (χ0n) is 11.0. The van der Waals surface area contributed by atoms with Crippen molar-refractivity contribution in [3.63, 3.8) is 0 Å². The Balaban J connectivity index is 4.39. The number of terminal acetylenes is 1. The van der Waals surface area contributed by atoms with E-state index >= 15 is 0 Å². The Bertz CT molecular complexity index is 303. The van der Waals surface area contributed by atoms with Gasteiger partial charge >= 0.3 is 0 Å². The van der Waals surface area contributed by atoms with Crippen molar-refractivity contribution < 1.29 is 9.59 Å². The molecule has 0 aromatic rings. The molecule has 0 radical (unpaired) electrons. The third-order valence-corrected chi connectivity index (χ3v) is 2.22. The second-order valence-corrected chi connectivity index (χ2v) is 4.81. The van der Waals surface area contributed by atoms with Crippen LogP contribution in [0, 0.1) is 24.2 Å². The maximum Gasteiger partial charge on any atom is 0.243 e. The second-order valence-electron chi connectivity index (χ2n) is 4.81. The third-order valence-electron chi connectivity index (χ3n) is 2.22. The Morgan fingerprint density at radius 2 is 1.82 bits per heavy atom. The van der Waals surface area contributed by atoms with Gasteiger partial charge in [0.05, 0.1) is 6.54 Å². The fraction of sp³-hybridized carbons (Fsp3) is 0.692. The minimum absolute atomic E-state index is 0.0314. The highest BCUT2D eigenvalue weighted by atomic mass is 16.2. The van der Waals surface area contributed by atoms with Gasteiger partial charge < -0.3 is 10.6 Å². The smallest absolute Gasteiger partial charge is 0.243 e. The standard InChI is InChI=1S/C13H22N2O2/c1-6-7-14-13(17)12(10(4)5)15-11(16)8-9(2)3/h1,9-10,12H,7-8H2,2-5H3,(H,14,17)(H,15,16). The van der Waals surface area contributed by atoms with Crippen LogP contribution in [0.3, 0.4) is 0 Å². The molecule has 0 rings (SSSR count). The molecule has 0 aliphatic rings. The molecule has 0 aliphatic heterocycles. The summed E-state index contributed by atoms with van der Waals surface area (Å²) in [6, 6.07) is -0.519. The molecule has 4 nitrogen and oxygen atoms in total. The van der Waals surface area contributed by atoms with Crippen molar-refractivity contribution >= 4 is 11.8 Å². The van der Waals surface area contributed by atoms with Crippen molar-refractivity contribution in [2.75, 3.05) is 6.54 Å². The molecule has 0 fully saturated rings. The molecule has 0 aliphatic carbocycles. The minimum atomic E-state index is -0.519. The minimum Gasteiger partial charge on any atom is -0.344 e. The van der Waals surface area contributed by atoms with Crippen molar-refractivity contribution in [3.8, 4) is 12.3 Å². The number of rotatable bonds is 6.